The van der Waals surface area contributed by atoms with Gasteiger partial charge in [0, 0.05) is 32.3 Å². The standard InChI is InChI=1S/C13H20Cl2N2O/c1-10(2)8-17(6-7-18-3)9-11-4-5-12(14)16-13(11)15/h4-5,10H,6-9H2,1-3H3. The number of pyridine rings is 1. The lowest BCUT2D eigenvalue weighted by Crippen LogP contribution is -2.30. The molecule has 0 aliphatic carbocycles. The summed E-state index contributed by atoms with van der Waals surface area (Å²) in [7, 11) is 1.71. The van der Waals surface area contributed by atoms with Crippen molar-refractivity contribution in [2.24, 2.45) is 5.92 Å². The molecule has 1 rings (SSSR count). The van der Waals surface area contributed by atoms with Crippen molar-refractivity contribution in [3.8, 4) is 0 Å². The predicted octanol–water partition coefficient (Wildman–Crippen LogP) is 3.49. The maximum atomic E-state index is 6.09. The fraction of sp³-hybridized carbons (Fsp3) is 0.615. The smallest absolute Gasteiger partial charge is 0.135 e. The van der Waals surface area contributed by atoms with Gasteiger partial charge in [0.25, 0.3) is 0 Å². The molecule has 0 amide bonds. The van der Waals surface area contributed by atoms with Gasteiger partial charge in [0.15, 0.2) is 0 Å². The molecular weight excluding hydrogens is 271 g/mol. The summed E-state index contributed by atoms with van der Waals surface area (Å²) in [5.74, 6) is 0.598. The summed E-state index contributed by atoms with van der Waals surface area (Å²) in [6.07, 6.45) is 0. The molecule has 0 saturated carbocycles. The first-order valence-corrected chi connectivity index (χ1v) is 6.80. The van der Waals surface area contributed by atoms with Crippen molar-refractivity contribution in [2.75, 3.05) is 26.8 Å². The highest BCUT2D eigenvalue weighted by Gasteiger charge is 2.11. The lowest BCUT2D eigenvalue weighted by molar-refractivity contribution is 0.136. The van der Waals surface area contributed by atoms with Crippen LogP contribution in [0, 0.1) is 5.92 Å². The summed E-state index contributed by atoms with van der Waals surface area (Å²) < 4.78 is 5.13. The average Bonchev–Trinajstić information content (AvgIpc) is 2.29. The van der Waals surface area contributed by atoms with Crippen LogP contribution in [0.25, 0.3) is 0 Å². The number of rotatable bonds is 7. The zero-order valence-corrected chi connectivity index (χ0v) is 12.6. The maximum absolute atomic E-state index is 6.09. The first-order chi connectivity index (χ1) is 8.52. The lowest BCUT2D eigenvalue weighted by atomic mass is 10.2. The van der Waals surface area contributed by atoms with E-state index in [1.807, 2.05) is 6.07 Å². The minimum atomic E-state index is 0.427. The zero-order valence-electron chi connectivity index (χ0n) is 11.1. The van der Waals surface area contributed by atoms with Crippen molar-refractivity contribution >= 4 is 23.2 Å². The van der Waals surface area contributed by atoms with E-state index < -0.39 is 0 Å². The third kappa shape index (κ3) is 5.53. The van der Waals surface area contributed by atoms with Gasteiger partial charge in [-0.25, -0.2) is 4.98 Å². The van der Waals surface area contributed by atoms with Crippen LogP contribution >= 0.6 is 23.2 Å². The quantitative estimate of drug-likeness (QED) is 0.719. The van der Waals surface area contributed by atoms with Crippen LogP contribution in [0.5, 0.6) is 0 Å². The molecule has 18 heavy (non-hydrogen) atoms. The minimum absolute atomic E-state index is 0.427. The molecule has 1 aromatic heterocycles. The number of hydrogen-bond donors (Lipinski definition) is 0. The second kappa shape index (κ2) is 7.95. The number of ether oxygens (including phenoxy) is 1. The third-order valence-corrected chi connectivity index (χ3v) is 3.06. The molecule has 5 heteroatoms. The van der Waals surface area contributed by atoms with Crippen molar-refractivity contribution in [1.82, 2.24) is 9.88 Å². The molecule has 0 spiro atoms. The van der Waals surface area contributed by atoms with Gasteiger partial charge in [0.2, 0.25) is 0 Å². The molecule has 0 unspecified atom stereocenters. The van der Waals surface area contributed by atoms with E-state index >= 15 is 0 Å². The van der Waals surface area contributed by atoms with E-state index in [9.17, 15) is 0 Å². The molecule has 1 aromatic rings. The van der Waals surface area contributed by atoms with Crippen LogP contribution in [0.2, 0.25) is 10.3 Å². The molecule has 102 valence electrons. The maximum Gasteiger partial charge on any atom is 0.135 e. The van der Waals surface area contributed by atoms with Gasteiger partial charge >= 0.3 is 0 Å². The van der Waals surface area contributed by atoms with Gasteiger partial charge in [-0.05, 0) is 12.0 Å². The largest absolute Gasteiger partial charge is 0.383 e. The second-order valence-corrected chi connectivity index (χ2v) is 5.45. The Morgan fingerprint density at radius 2 is 2.06 bits per heavy atom. The third-order valence-electron chi connectivity index (χ3n) is 2.52. The van der Waals surface area contributed by atoms with Gasteiger partial charge in [0.05, 0.1) is 6.61 Å². The van der Waals surface area contributed by atoms with Crippen LogP contribution in [0.3, 0.4) is 0 Å². The molecule has 1 heterocycles. The molecule has 0 aliphatic heterocycles. The Balaban J connectivity index is 2.68. The Kier molecular flexibility index (Phi) is 6.94. The van der Waals surface area contributed by atoms with Crippen LogP contribution in [0.4, 0.5) is 0 Å². The van der Waals surface area contributed by atoms with Gasteiger partial charge < -0.3 is 4.74 Å². The molecule has 0 fully saturated rings. The van der Waals surface area contributed by atoms with Crippen LogP contribution in [0.1, 0.15) is 19.4 Å². The molecule has 0 saturated heterocycles. The predicted molar refractivity (Wildman–Crippen MR) is 76.2 cm³/mol. The van der Waals surface area contributed by atoms with Gasteiger partial charge in [-0.3, -0.25) is 4.90 Å². The zero-order chi connectivity index (χ0) is 13.5. The summed E-state index contributed by atoms with van der Waals surface area (Å²) in [5, 5.41) is 0.907. The number of aromatic nitrogens is 1. The molecule has 3 nitrogen and oxygen atoms in total. The Bertz CT molecular complexity index is 372. The summed E-state index contributed by atoms with van der Waals surface area (Å²) in [5.41, 5.74) is 0.998. The number of halogens is 2. The Labute approximate surface area is 119 Å². The molecule has 0 bridgehead atoms. The van der Waals surface area contributed by atoms with E-state index in [1.165, 1.54) is 0 Å². The Morgan fingerprint density at radius 3 is 2.61 bits per heavy atom. The Morgan fingerprint density at radius 1 is 1.33 bits per heavy atom. The first kappa shape index (κ1) is 15.7. The van der Waals surface area contributed by atoms with Crippen LogP contribution in [0.15, 0.2) is 12.1 Å². The van der Waals surface area contributed by atoms with E-state index in [0.29, 0.717) is 22.8 Å². The Hall–Kier alpha value is -0.350. The monoisotopic (exact) mass is 290 g/mol. The highest BCUT2D eigenvalue weighted by atomic mass is 35.5. The summed E-state index contributed by atoms with van der Waals surface area (Å²) in [4.78, 5) is 6.37. The normalized spacial score (nSPS) is 11.5. The molecule has 0 aromatic carbocycles. The van der Waals surface area contributed by atoms with E-state index in [0.717, 1.165) is 25.2 Å². The lowest BCUT2D eigenvalue weighted by Gasteiger charge is -2.24. The van der Waals surface area contributed by atoms with Crippen molar-refractivity contribution in [2.45, 2.75) is 20.4 Å². The van der Waals surface area contributed by atoms with Crippen molar-refractivity contribution < 1.29 is 4.74 Å². The second-order valence-electron chi connectivity index (χ2n) is 4.71. The van der Waals surface area contributed by atoms with Gasteiger partial charge in [-0.15, -0.1) is 0 Å². The van der Waals surface area contributed by atoms with Crippen LogP contribution in [-0.2, 0) is 11.3 Å². The highest BCUT2D eigenvalue weighted by Crippen LogP contribution is 2.18. The molecule has 0 radical (unpaired) electrons. The summed E-state index contributed by atoms with van der Waals surface area (Å²) in [6, 6.07) is 3.70. The van der Waals surface area contributed by atoms with Crippen molar-refractivity contribution in [3.63, 3.8) is 0 Å². The first-order valence-electron chi connectivity index (χ1n) is 6.05. The van der Waals surface area contributed by atoms with Crippen LogP contribution < -0.4 is 0 Å². The summed E-state index contributed by atoms with van der Waals surface area (Å²) >= 11 is 11.9. The minimum Gasteiger partial charge on any atom is -0.383 e. The van der Waals surface area contributed by atoms with E-state index in [2.05, 4.69) is 23.7 Å². The van der Waals surface area contributed by atoms with E-state index in [1.54, 1.807) is 13.2 Å². The summed E-state index contributed by atoms with van der Waals surface area (Å²) in [6.45, 7) is 7.76. The van der Waals surface area contributed by atoms with Crippen molar-refractivity contribution in [1.29, 1.82) is 0 Å². The average molecular weight is 291 g/mol. The van der Waals surface area contributed by atoms with Gasteiger partial charge in [-0.2, -0.15) is 0 Å². The SMILES string of the molecule is COCCN(Cc1ccc(Cl)nc1Cl)CC(C)C. The molecule has 0 atom stereocenters. The molecule has 0 N–H and O–H groups in total. The van der Waals surface area contributed by atoms with E-state index in [4.69, 9.17) is 27.9 Å². The fourth-order valence-electron chi connectivity index (χ4n) is 1.77. The fourth-order valence-corrected chi connectivity index (χ4v) is 2.18. The van der Waals surface area contributed by atoms with Gasteiger partial charge in [0.1, 0.15) is 10.3 Å². The molecular formula is C13H20Cl2N2O. The topological polar surface area (TPSA) is 25.4 Å². The van der Waals surface area contributed by atoms with Crippen molar-refractivity contribution in [3.05, 3.63) is 28.0 Å². The van der Waals surface area contributed by atoms with Crippen LogP contribution in [-0.4, -0.2) is 36.7 Å². The number of hydrogen-bond acceptors (Lipinski definition) is 3. The number of nitrogens with zero attached hydrogens (tertiary/aromatic N) is 2. The van der Waals surface area contributed by atoms with E-state index in [-0.39, 0.29) is 0 Å². The number of methoxy groups -OCH3 is 1. The van der Waals surface area contributed by atoms with Gasteiger partial charge in [-0.1, -0.05) is 43.1 Å². The molecule has 0 aliphatic rings. The highest BCUT2D eigenvalue weighted by molar-refractivity contribution is 6.32.